The molecule has 0 saturated heterocycles. The molecule has 25 heavy (non-hydrogen) atoms. The number of fused-ring (bicyclic) bond motifs is 1. The van der Waals surface area contributed by atoms with E-state index >= 15 is 0 Å². The van der Waals surface area contributed by atoms with E-state index in [2.05, 4.69) is 10.4 Å². The Balaban J connectivity index is 2.01. The average Bonchev–Trinajstić information content (AvgIpc) is 3.04. The van der Waals surface area contributed by atoms with E-state index in [0.29, 0.717) is 21.9 Å². The largest absolute Gasteiger partial charge is 0.464 e. The Morgan fingerprint density at radius 2 is 2.04 bits per heavy atom. The van der Waals surface area contributed by atoms with Crippen molar-refractivity contribution in [3.63, 3.8) is 0 Å². The van der Waals surface area contributed by atoms with Gasteiger partial charge in [-0.25, -0.2) is 4.79 Å². The molecule has 0 aliphatic heterocycles. The van der Waals surface area contributed by atoms with Gasteiger partial charge in [-0.15, -0.1) is 0 Å². The predicted molar refractivity (Wildman–Crippen MR) is 93.2 cm³/mol. The van der Waals surface area contributed by atoms with E-state index in [1.165, 1.54) is 11.8 Å². The number of aromatic nitrogens is 2. The molecule has 0 atom stereocenters. The van der Waals surface area contributed by atoms with E-state index < -0.39 is 11.9 Å². The summed E-state index contributed by atoms with van der Waals surface area (Å²) in [5.74, 6) is -0.922. The second-order valence-electron chi connectivity index (χ2n) is 5.57. The monoisotopic (exact) mass is 361 g/mol. The van der Waals surface area contributed by atoms with Crippen molar-refractivity contribution < 1.29 is 18.7 Å². The number of nitrogens with one attached hydrogen (secondary N) is 1. The number of nitrogens with zero attached hydrogens (tertiary/aromatic N) is 2. The first-order chi connectivity index (χ1) is 11.8. The molecule has 3 aromatic rings. The van der Waals surface area contributed by atoms with E-state index in [1.54, 1.807) is 39.1 Å². The van der Waals surface area contributed by atoms with E-state index in [1.807, 2.05) is 0 Å². The highest BCUT2D eigenvalue weighted by molar-refractivity contribution is 6.31. The standard InChI is InChI=1S/C17H16ClN3O4/c1-8-11-7-10(18)5-6-12(11)25-15(8)16(22)19-13-9(2)20-21(3)14(13)17(23)24-4/h5-7H,1-4H3,(H,19,22). The van der Waals surface area contributed by atoms with Gasteiger partial charge in [0.05, 0.1) is 18.5 Å². The highest BCUT2D eigenvalue weighted by Gasteiger charge is 2.25. The molecule has 8 heteroatoms. The zero-order valence-corrected chi connectivity index (χ0v) is 14.9. The van der Waals surface area contributed by atoms with E-state index in [9.17, 15) is 9.59 Å². The Hall–Kier alpha value is -2.80. The predicted octanol–water partition coefficient (Wildman–Crippen LogP) is 3.48. The van der Waals surface area contributed by atoms with Gasteiger partial charge in [-0.2, -0.15) is 5.10 Å². The molecule has 0 saturated carbocycles. The van der Waals surface area contributed by atoms with Crippen molar-refractivity contribution in [2.24, 2.45) is 7.05 Å². The van der Waals surface area contributed by atoms with Gasteiger partial charge in [0.25, 0.3) is 5.91 Å². The van der Waals surface area contributed by atoms with Crippen LogP contribution in [-0.4, -0.2) is 28.8 Å². The lowest BCUT2D eigenvalue weighted by molar-refractivity contribution is 0.0589. The molecule has 7 nitrogen and oxygen atoms in total. The van der Waals surface area contributed by atoms with Crippen molar-refractivity contribution in [1.82, 2.24) is 9.78 Å². The van der Waals surface area contributed by atoms with Gasteiger partial charge in [-0.3, -0.25) is 9.48 Å². The van der Waals surface area contributed by atoms with Crippen LogP contribution >= 0.6 is 11.6 Å². The van der Waals surface area contributed by atoms with E-state index in [4.69, 9.17) is 20.8 Å². The summed E-state index contributed by atoms with van der Waals surface area (Å²) in [4.78, 5) is 24.6. The van der Waals surface area contributed by atoms with Crippen LogP contribution in [0.2, 0.25) is 5.02 Å². The highest BCUT2D eigenvalue weighted by atomic mass is 35.5. The third kappa shape index (κ3) is 2.87. The number of carbonyl (C=O) groups is 2. The number of hydrogen-bond donors (Lipinski definition) is 1. The van der Waals surface area contributed by atoms with Gasteiger partial charge in [0.15, 0.2) is 11.5 Å². The minimum atomic E-state index is -0.591. The van der Waals surface area contributed by atoms with Gasteiger partial charge in [0, 0.05) is 23.0 Å². The fourth-order valence-corrected chi connectivity index (χ4v) is 2.89. The number of halogens is 1. The first-order valence-electron chi connectivity index (χ1n) is 7.45. The van der Waals surface area contributed by atoms with Crippen LogP contribution in [-0.2, 0) is 11.8 Å². The Morgan fingerprint density at radius 3 is 2.72 bits per heavy atom. The smallest absolute Gasteiger partial charge is 0.358 e. The van der Waals surface area contributed by atoms with E-state index in [0.717, 1.165) is 5.39 Å². The lowest BCUT2D eigenvalue weighted by Gasteiger charge is -2.06. The number of rotatable bonds is 3. The molecule has 2 heterocycles. The number of anilines is 1. The summed E-state index contributed by atoms with van der Waals surface area (Å²) in [5, 5.41) is 8.17. The molecular formula is C17H16ClN3O4. The molecule has 130 valence electrons. The fraction of sp³-hybridized carbons (Fsp3) is 0.235. The van der Waals surface area contributed by atoms with Crippen LogP contribution in [0.1, 0.15) is 32.3 Å². The van der Waals surface area contributed by atoms with E-state index in [-0.39, 0.29) is 17.1 Å². The fourth-order valence-electron chi connectivity index (χ4n) is 2.72. The van der Waals surface area contributed by atoms with Crippen LogP contribution in [0.5, 0.6) is 0 Å². The van der Waals surface area contributed by atoms with Gasteiger partial charge in [-0.1, -0.05) is 11.6 Å². The van der Waals surface area contributed by atoms with Crippen LogP contribution in [0, 0.1) is 13.8 Å². The number of amides is 1. The molecule has 2 aromatic heterocycles. The third-order valence-electron chi connectivity index (χ3n) is 3.94. The summed E-state index contributed by atoms with van der Waals surface area (Å²) in [5.41, 5.74) is 2.16. The summed E-state index contributed by atoms with van der Waals surface area (Å²) >= 11 is 6.00. The van der Waals surface area contributed by atoms with Crippen molar-refractivity contribution in [3.8, 4) is 0 Å². The van der Waals surface area contributed by atoms with Crippen LogP contribution in [0.3, 0.4) is 0 Å². The molecule has 0 aliphatic rings. The first kappa shape index (κ1) is 17.0. The van der Waals surface area contributed by atoms with Crippen LogP contribution in [0.4, 0.5) is 5.69 Å². The molecule has 0 fully saturated rings. The number of ether oxygens (including phenoxy) is 1. The Kier molecular flexibility index (Phi) is 4.26. The summed E-state index contributed by atoms with van der Waals surface area (Å²) in [6.45, 7) is 3.46. The average molecular weight is 362 g/mol. The number of benzene rings is 1. The maximum Gasteiger partial charge on any atom is 0.358 e. The van der Waals surface area contributed by atoms with Gasteiger partial charge < -0.3 is 14.5 Å². The molecule has 1 amide bonds. The van der Waals surface area contributed by atoms with Gasteiger partial charge in [0.2, 0.25) is 0 Å². The van der Waals surface area contributed by atoms with Crippen LogP contribution in [0.15, 0.2) is 22.6 Å². The molecule has 1 N–H and O–H groups in total. The van der Waals surface area contributed by atoms with Gasteiger partial charge >= 0.3 is 5.97 Å². The van der Waals surface area contributed by atoms with Crippen molar-refractivity contribution in [1.29, 1.82) is 0 Å². The Morgan fingerprint density at radius 1 is 1.32 bits per heavy atom. The number of esters is 1. The second-order valence-corrected chi connectivity index (χ2v) is 6.01. The molecule has 0 aliphatic carbocycles. The zero-order valence-electron chi connectivity index (χ0n) is 14.1. The minimum Gasteiger partial charge on any atom is -0.464 e. The number of furan rings is 1. The molecule has 0 radical (unpaired) electrons. The van der Waals surface area contributed by atoms with Gasteiger partial charge in [-0.05, 0) is 32.0 Å². The van der Waals surface area contributed by atoms with Crippen molar-refractivity contribution in [3.05, 3.63) is 45.9 Å². The zero-order chi connectivity index (χ0) is 18.3. The summed E-state index contributed by atoms with van der Waals surface area (Å²) in [6, 6.07) is 5.13. The number of carbonyl (C=O) groups excluding carboxylic acids is 2. The van der Waals surface area contributed by atoms with Crippen LogP contribution in [0.25, 0.3) is 11.0 Å². The summed E-state index contributed by atoms with van der Waals surface area (Å²) in [7, 11) is 2.87. The lowest BCUT2D eigenvalue weighted by Crippen LogP contribution is -2.17. The molecular weight excluding hydrogens is 346 g/mol. The van der Waals surface area contributed by atoms with Crippen molar-refractivity contribution in [2.45, 2.75) is 13.8 Å². The topological polar surface area (TPSA) is 86.4 Å². The third-order valence-corrected chi connectivity index (χ3v) is 4.18. The maximum absolute atomic E-state index is 12.7. The molecule has 3 rings (SSSR count). The molecule has 0 spiro atoms. The molecule has 1 aromatic carbocycles. The molecule has 0 unspecified atom stereocenters. The quantitative estimate of drug-likeness (QED) is 0.722. The van der Waals surface area contributed by atoms with Crippen molar-refractivity contribution in [2.75, 3.05) is 12.4 Å². The number of methoxy groups -OCH3 is 1. The van der Waals surface area contributed by atoms with Crippen molar-refractivity contribution >= 4 is 40.1 Å². The summed E-state index contributed by atoms with van der Waals surface area (Å²) < 4.78 is 11.8. The minimum absolute atomic E-state index is 0.149. The Bertz CT molecular complexity index is 1000. The second kappa shape index (κ2) is 6.25. The lowest BCUT2D eigenvalue weighted by atomic mass is 10.1. The van der Waals surface area contributed by atoms with Crippen LogP contribution < -0.4 is 5.32 Å². The normalized spacial score (nSPS) is 10.9. The number of aryl methyl sites for hydroxylation is 3. The maximum atomic E-state index is 12.7. The summed E-state index contributed by atoms with van der Waals surface area (Å²) in [6.07, 6.45) is 0. The number of hydrogen-bond acceptors (Lipinski definition) is 5. The SMILES string of the molecule is COC(=O)c1c(NC(=O)c2oc3ccc(Cl)cc3c2C)c(C)nn1C. The Labute approximate surface area is 148 Å². The molecule has 0 bridgehead atoms. The van der Waals surface area contributed by atoms with Gasteiger partial charge in [0.1, 0.15) is 5.58 Å². The first-order valence-corrected chi connectivity index (χ1v) is 7.83. The highest BCUT2D eigenvalue weighted by Crippen LogP contribution is 2.29.